The molecule has 1 N–H and O–H groups in total. The van der Waals surface area contributed by atoms with E-state index < -0.39 is 5.60 Å². The summed E-state index contributed by atoms with van der Waals surface area (Å²) in [5.74, 6) is -0.221. The predicted molar refractivity (Wildman–Crippen MR) is 119 cm³/mol. The van der Waals surface area contributed by atoms with E-state index in [0.29, 0.717) is 19.6 Å². The van der Waals surface area contributed by atoms with Crippen molar-refractivity contribution in [3.05, 3.63) is 53.4 Å². The monoisotopic (exact) mass is 412 g/mol. The summed E-state index contributed by atoms with van der Waals surface area (Å²) in [4.78, 5) is 25.9. The minimum atomic E-state index is -0.545. The van der Waals surface area contributed by atoms with Crippen molar-refractivity contribution in [2.24, 2.45) is 0 Å². The van der Waals surface area contributed by atoms with E-state index in [1.54, 1.807) is 11.0 Å². The van der Waals surface area contributed by atoms with E-state index in [-0.39, 0.29) is 12.0 Å². The van der Waals surface area contributed by atoms with Gasteiger partial charge in [0, 0.05) is 37.0 Å². The number of para-hydroxylation sites is 1. The lowest BCUT2D eigenvalue weighted by atomic mass is 10.2. The lowest BCUT2D eigenvalue weighted by Crippen LogP contribution is -2.41. The first-order chi connectivity index (χ1) is 14.1. The van der Waals surface area contributed by atoms with Crippen molar-refractivity contribution < 1.29 is 14.3 Å². The molecule has 0 saturated carbocycles. The smallest absolute Gasteiger partial charge is 0.410 e. The molecule has 2 rings (SSSR count). The van der Waals surface area contributed by atoms with E-state index in [9.17, 15) is 9.59 Å². The third kappa shape index (κ3) is 6.47. The highest BCUT2D eigenvalue weighted by atomic mass is 16.6. The van der Waals surface area contributed by atoms with E-state index >= 15 is 0 Å². The summed E-state index contributed by atoms with van der Waals surface area (Å²) in [6.07, 6.45) is 2.89. The zero-order valence-electron chi connectivity index (χ0n) is 18.7. The zero-order chi connectivity index (χ0) is 22.3. The average molecular weight is 413 g/mol. The Labute approximate surface area is 178 Å². The van der Waals surface area contributed by atoms with E-state index in [4.69, 9.17) is 4.74 Å². The Morgan fingerprint density at radius 1 is 1.20 bits per heavy atom. The Hall–Kier alpha value is -3.09. The van der Waals surface area contributed by atoms with Crippen molar-refractivity contribution in [1.82, 2.24) is 20.0 Å². The third-order valence-electron chi connectivity index (χ3n) is 4.46. The van der Waals surface area contributed by atoms with Crippen LogP contribution in [0.2, 0.25) is 0 Å². The lowest BCUT2D eigenvalue weighted by Gasteiger charge is -2.26. The van der Waals surface area contributed by atoms with E-state index in [0.717, 1.165) is 22.6 Å². The minimum Gasteiger partial charge on any atom is -0.444 e. The molecule has 0 spiro atoms. The number of nitrogens with zero attached hydrogens (tertiary/aromatic N) is 3. The molecule has 162 valence electrons. The molecule has 7 heteroatoms. The van der Waals surface area contributed by atoms with Crippen LogP contribution in [0.15, 0.2) is 36.4 Å². The van der Waals surface area contributed by atoms with E-state index in [1.165, 1.54) is 6.08 Å². The van der Waals surface area contributed by atoms with Crippen LogP contribution in [0.3, 0.4) is 0 Å². The van der Waals surface area contributed by atoms with Crippen molar-refractivity contribution in [3.63, 3.8) is 0 Å². The Kier molecular flexibility index (Phi) is 7.80. The number of nitrogens with one attached hydrogen (secondary N) is 1. The standard InChI is InChI=1S/C23H32N4O3/c1-7-26(22(29)30-23(4,5)6)16-15-24-21(28)14-13-20-17(2)25-27(18(20)3)19-11-9-8-10-12-19/h8-14H,7,15-16H2,1-6H3,(H,24,28). The molecule has 1 aromatic carbocycles. The number of rotatable bonds is 7. The SMILES string of the molecule is CCN(CCNC(=O)C=Cc1c(C)nn(-c2ccccc2)c1C)C(=O)OC(C)(C)C. The van der Waals surface area contributed by atoms with Crippen LogP contribution in [0.5, 0.6) is 0 Å². The molecule has 0 aliphatic heterocycles. The fourth-order valence-electron chi connectivity index (χ4n) is 2.95. The van der Waals surface area contributed by atoms with Crippen LogP contribution in [0.1, 0.15) is 44.6 Å². The number of amides is 2. The summed E-state index contributed by atoms with van der Waals surface area (Å²) >= 11 is 0. The first-order valence-electron chi connectivity index (χ1n) is 10.2. The first kappa shape index (κ1) is 23.2. The number of aryl methyl sites for hydroxylation is 1. The van der Waals surface area contributed by atoms with Gasteiger partial charge in [-0.25, -0.2) is 9.48 Å². The Morgan fingerprint density at radius 2 is 1.87 bits per heavy atom. The topological polar surface area (TPSA) is 76.5 Å². The number of aromatic nitrogens is 2. The normalized spacial score (nSPS) is 11.5. The summed E-state index contributed by atoms with van der Waals surface area (Å²) in [6.45, 7) is 12.5. The van der Waals surface area contributed by atoms with Crippen LogP contribution >= 0.6 is 0 Å². The quantitative estimate of drug-likeness (QED) is 0.700. The van der Waals surface area contributed by atoms with Crippen molar-refractivity contribution in [3.8, 4) is 5.69 Å². The van der Waals surface area contributed by atoms with Crippen LogP contribution < -0.4 is 5.32 Å². The molecule has 2 aromatic rings. The van der Waals surface area contributed by atoms with Crippen LogP contribution in [-0.2, 0) is 9.53 Å². The maximum absolute atomic E-state index is 12.2. The van der Waals surface area contributed by atoms with Gasteiger partial charge in [-0.15, -0.1) is 0 Å². The van der Waals surface area contributed by atoms with Gasteiger partial charge in [-0.2, -0.15) is 5.10 Å². The highest BCUT2D eigenvalue weighted by molar-refractivity contribution is 5.92. The minimum absolute atomic E-state index is 0.221. The summed E-state index contributed by atoms with van der Waals surface area (Å²) in [5, 5.41) is 7.39. The van der Waals surface area contributed by atoms with Crippen LogP contribution in [0.4, 0.5) is 4.79 Å². The molecular weight excluding hydrogens is 380 g/mol. The summed E-state index contributed by atoms with van der Waals surface area (Å²) in [7, 11) is 0. The van der Waals surface area contributed by atoms with Gasteiger partial charge in [0.25, 0.3) is 0 Å². The molecule has 0 aliphatic carbocycles. The second kappa shape index (κ2) is 10.1. The molecule has 1 heterocycles. The van der Waals surface area contributed by atoms with Crippen molar-refractivity contribution >= 4 is 18.1 Å². The van der Waals surface area contributed by atoms with Gasteiger partial charge in [0.15, 0.2) is 0 Å². The highest BCUT2D eigenvalue weighted by Crippen LogP contribution is 2.19. The molecular formula is C23H32N4O3. The highest BCUT2D eigenvalue weighted by Gasteiger charge is 2.20. The number of hydrogen-bond acceptors (Lipinski definition) is 4. The fraction of sp³-hybridized carbons (Fsp3) is 0.435. The summed E-state index contributed by atoms with van der Waals surface area (Å²) < 4.78 is 7.24. The molecule has 0 unspecified atom stereocenters. The zero-order valence-corrected chi connectivity index (χ0v) is 18.7. The van der Waals surface area contributed by atoms with E-state index in [1.807, 2.05) is 76.6 Å². The van der Waals surface area contributed by atoms with Crippen molar-refractivity contribution in [1.29, 1.82) is 0 Å². The van der Waals surface area contributed by atoms with Gasteiger partial charge in [0.1, 0.15) is 5.60 Å². The van der Waals surface area contributed by atoms with Crippen molar-refractivity contribution in [2.45, 2.75) is 47.1 Å². The number of benzene rings is 1. The molecule has 7 nitrogen and oxygen atoms in total. The Morgan fingerprint density at radius 3 is 2.47 bits per heavy atom. The fourth-order valence-corrected chi connectivity index (χ4v) is 2.95. The van der Waals surface area contributed by atoms with Gasteiger partial charge in [-0.3, -0.25) is 4.79 Å². The van der Waals surface area contributed by atoms with Gasteiger partial charge in [0.2, 0.25) is 5.91 Å². The summed E-state index contributed by atoms with van der Waals surface area (Å²) in [5.41, 5.74) is 3.16. The maximum atomic E-state index is 12.2. The molecule has 0 bridgehead atoms. The van der Waals surface area contributed by atoms with Crippen LogP contribution in [0, 0.1) is 13.8 Å². The number of likely N-dealkylation sites (N-methyl/N-ethyl adjacent to an activating group) is 1. The molecule has 1 aromatic heterocycles. The number of carbonyl (C=O) groups is 2. The predicted octanol–water partition coefficient (Wildman–Crippen LogP) is 3.88. The van der Waals surface area contributed by atoms with E-state index in [2.05, 4.69) is 10.4 Å². The largest absolute Gasteiger partial charge is 0.444 e. The third-order valence-corrected chi connectivity index (χ3v) is 4.46. The molecule has 2 amide bonds. The molecule has 0 radical (unpaired) electrons. The molecule has 0 aliphatic rings. The Balaban J connectivity index is 1.94. The van der Waals surface area contributed by atoms with Gasteiger partial charge in [-0.1, -0.05) is 18.2 Å². The van der Waals surface area contributed by atoms with Crippen molar-refractivity contribution in [2.75, 3.05) is 19.6 Å². The molecule has 0 fully saturated rings. The van der Waals surface area contributed by atoms with Crippen LogP contribution in [-0.4, -0.2) is 51.9 Å². The second-order valence-corrected chi connectivity index (χ2v) is 8.02. The van der Waals surface area contributed by atoms with Crippen LogP contribution in [0.25, 0.3) is 11.8 Å². The van der Waals surface area contributed by atoms with Gasteiger partial charge in [0.05, 0.1) is 11.4 Å². The lowest BCUT2D eigenvalue weighted by molar-refractivity contribution is -0.116. The average Bonchev–Trinajstić information content (AvgIpc) is 2.96. The number of carbonyl (C=O) groups excluding carboxylic acids is 2. The van der Waals surface area contributed by atoms with Gasteiger partial charge >= 0.3 is 6.09 Å². The second-order valence-electron chi connectivity index (χ2n) is 8.02. The number of ether oxygens (including phenoxy) is 1. The molecule has 30 heavy (non-hydrogen) atoms. The summed E-state index contributed by atoms with van der Waals surface area (Å²) in [6, 6.07) is 9.87. The molecule has 0 atom stereocenters. The van der Waals surface area contributed by atoms with Gasteiger partial charge in [-0.05, 0) is 59.8 Å². The maximum Gasteiger partial charge on any atom is 0.410 e. The number of hydrogen-bond donors (Lipinski definition) is 1. The Bertz CT molecular complexity index is 895. The molecule has 0 saturated heterocycles. The van der Waals surface area contributed by atoms with Gasteiger partial charge < -0.3 is 15.0 Å². The first-order valence-corrected chi connectivity index (χ1v) is 10.2.